The van der Waals surface area contributed by atoms with Crippen LogP contribution in [0.15, 0.2) is 158 Å². The van der Waals surface area contributed by atoms with Gasteiger partial charge in [0.05, 0.1) is 0 Å². The molecule has 69 heavy (non-hydrogen) atoms. The van der Waals surface area contributed by atoms with Gasteiger partial charge in [0.1, 0.15) is 5.84 Å². The zero-order valence-electron chi connectivity index (χ0n) is 48.6. The van der Waals surface area contributed by atoms with Gasteiger partial charge in [0, 0.05) is 6.54 Å². The summed E-state index contributed by atoms with van der Waals surface area (Å²) >= 11 is 3.53. The van der Waals surface area contributed by atoms with Gasteiger partial charge in [-0.3, -0.25) is 4.99 Å². The Morgan fingerprint density at radius 3 is 1.51 bits per heavy atom. The molecule has 0 atom stereocenters. The Hall–Kier alpha value is -4.24. The molecule has 0 aliphatic heterocycles. The summed E-state index contributed by atoms with van der Waals surface area (Å²) in [7, 11) is 3.00. The molecule has 0 amide bonds. The van der Waals surface area contributed by atoms with Crippen LogP contribution in [0.1, 0.15) is 154 Å². The van der Waals surface area contributed by atoms with Crippen LogP contribution in [-0.4, -0.2) is 45.8 Å². The summed E-state index contributed by atoms with van der Waals surface area (Å²) in [4.78, 5) is 4.35. The Morgan fingerprint density at radius 1 is 0.710 bits per heavy atom. The van der Waals surface area contributed by atoms with Gasteiger partial charge in [-0.2, -0.15) is 12.6 Å². The average Bonchev–Trinajstić information content (AvgIpc) is 3.34. The summed E-state index contributed by atoms with van der Waals surface area (Å²) in [5.41, 5.74) is 32.9. The standard InChI is InChI=1S/C19H18.C15H28N2.C5H10.C4H10.C4H8.C4H6.C3H10N2.C3H8.C2H4.2CH5N.CH4S/c1-2-6-15-11-13-17(14-12-15)19-10-5-8-16-7-3-4-9-18(16)19;1-6-13(4)11-15(16)17-9-7-8-14(5)10-12(2)3;1-3-5-4-2;2*1-4(2)3;1-3-4-2;4-2-1-3-5;1-3-2;4*1-2/h3-5,7-14H,2,6H2,1H3;10-12H,6-9H2,1-5H3,(H2,16,17);3,5H,4H2,1-2H3;4H,1-3H3;1H2,2-3H3;3-4H,1-2H2;1-5H2;3H2,1-2H3;1-2H2;2*2H2,1H3;2H,1H3/b;13-11-,14-10+;5-3-;;;;;;;;;. The smallest absolute Gasteiger partial charge is 0.118 e. The zero-order valence-corrected chi connectivity index (χ0v) is 49.5. The number of allylic oxidation sites excluding steroid dienone is 8. The third kappa shape index (κ3) is 78.2. The highest BCUT2D eigenvalue weighted by atomic mass is 32.1. The Labute approximate surface area is 437 Å². The quantitative estimate of drug-likeness (QED) is 0.0238. The minimum atomic E-state index is 0.638. The summed E-state index contributed by atoms with van der Waals surface area (Å²) in [5.74, 6) is 2.13. The summed E-state index contributed by atoms with van der Waals surface area (Å²) < 4.78 is 0. The first-order valence-electron chi connectivity index (χ1n) is 25.1. The fraction of sp³-hybridized carbons (Fsp3) is 0.500. The van der Waals surface area contributed by atoms with E-state index in [9.17, 15) is 0 Å². The van der Waals surface area contributed by atoms with Crippen molar-refractivity contribution >= 4 is 29.2 Å². The van der Waals surface area contributed by atoms with Crippen molar-refractivity contribution in [3.8, 4) is 11.1 Å². The molecule has 0 unspecified atom stereocenters. The molecule has 400 valence electrons. The van der Waals surface area contributed by atoms with Crippen LogP contribution in [0.2, 0.25) is 0 Å². The second-order valence-electron chi connectivity index (χ2n) is 16.0. The second-order valence-corrected chi connectivity index (χ2v) is 16.0. The number of nitrogens with two attached hydrogens (primary N) is 5. The van der Waals surface area contributed by atoms with Gasteiger partial charge in [0.15, 0.2) is 0 Å². The van der Waals surface area contributed by atoms with E-state index in [4.69, 9.17) is 17.2 Å². The largest absolute Gasteiger partial charge is 0.384 e. The van der Waals surface area contributed by atoms with Gasteiger partial charge in [-0.1, -0.05) is 209 Å². The SMILES string of the molecule is C/C=C\CC.C=C.C=C(C)C.C=CC=C.CC(C)C.CC/C(C)=C\C(N)=NCCC/C(C)=C/C(C)C.CCC.CCCc1ccc(-c2cccc3ccccc23)cc1.CN.CN.CS.NCCCN. The maximum atomic E-state index is 5.81. The molecule has 6 nitrogen and oxygen atoms in total. The van der Waals surface area contributed by atoms with Gasteiger partial charge < -0.3 is 28.7 Å². The maximum absolute atomic E-state index is 5.81. The van der Waals surface area contributed by atoms with Crippen molar-refractivity contribution in [2.24, 2.45) is 45.5 Å². The monoisotopic (exact) mass is 977 g/mol. The van der Waals surface area contributed by atoms with Crippen LogP contribution >= 0.6 is 12.6 Å². The fourth-order valence-electron chi connectivity index (χ4n) is 4.59. The lowest BCUT2D eigenvalue weighted by Gasteiger charge is -2.07. The zero-order chi connectivity index (χ0) is 55.9. The lowest BCUT2D eigenvalue weighted by Crippen LogP contribution is -2.09. The molecule has 0 aliphatic rings. The van der Waals surface area contributed by atoms with Crippen LogP contribution < -0.4 is 28.7 Å². The maximum Gasteiger partial charge on any atom is 0.118 e. The number of aryl methyl sites for hydroxylation is 1. The van der Waals surface area contributed by atoms with Crippen LogP contribution in [0.25, 0.3) is 21.9 Å². The van der Waals surface area contributed by atoms with Crippen molar-refractivity contribution < 1.29 is 0 Å². The topological polar surface area (TPSA) is 142 Å². The van der Waals surface area contributed by atoms with Crippen LogP contribution in [0.5, 0.6) is 0 Å². The van der Waals surface area contributed by atoms with Crippen molar-refractivity contribution in [1.82, 2.24) is 0 Å². The van der Waals surface area contributed by atoms with Gasteiger partial charge in [0.25, 0.3) is 0 Å². The molecule has 0 fully saturated rings. The molecule has 10 N–H and O–H groups in total. The van der Waals surface area contributed by atoms with E-state index in [1.54, 1.807) is 18.4 Å². The molecule has 0 bridgehead atoms. The lowest BCUT2D eigenvalue weighted by atomic mass is 9.97. The van der Waals surface area contributed by atoms with Crippen molar-refractivity contribution in [3.63, 3.8) is 0 Å². The summed E-state index contributed by atoms with van der Waals surface area (Å²) in [5, 5.41) is 2.63. The average molecular weight is 978 g/mol. The number of fused-ring (bicyclic) bond motifs is 1. The Kier molecular flexibility index (Phi) is 92.4. The van der Waals surface area contributed by atoms with E-state index in [2.05, 4.69) is 230 Å². The van der Waals surface area contributed by atoms with E-state index in [1.165, 1.54) is 71.1 Å². The number of amidine groups is 1. The molecule has 0 heterocycles. The number of aliphatic imine (C=N–C) groups is 1. The minimum Gasteiger partial charge on any atom is -0.384 e. The van der Waals surface area contributed by atoms with E-state index in [0.29, 0.717) is 11.8 Å². The normalized spacial score (nSPS) is 9.67. The molecule has 0 saturated heterocycles. The predicted octanol–water partition coefficient (Wildman–Crippen LogP) is 17.3. The van der Waals surface area contributed by atoms with Crippen molar-refractivity contribution in [3.05, 3.63) is 158 Å². The van der Waals surface area contributed by atoms with Gasteiger partial charge in [0.2, 0.25) is 0 Å². The number of benzene rings is 3. The Bertz CT molecular complexity index is 1560. The summed E-state index contributed by atoms with van der Waals surface area (Å²) in [6.45, 7) is 50.4. The van der Waals surface area contributed by atoms with Gasteiger partial charge >= 0.3 is 0 Å². The molecule has 3 rings (SSSR count). The summed E-state index contributed by atoms with van der Waals surface area (Å²) in [6.07, 6.45) is 22.4. The molecule has 0 saturated carbocycles. The van der Waals surface area contributed by atoms with E-state index in [1.807, 2.05) is 26.8 Å². The molecule has 7 heteroatoms. The second kappa shape index (κ2) is 75.3. The van der Waals surface area contributed by atoms with Crippen LogP contribution in [0.4, 0.5) is 0 Å². The first-order valence-corrected chi connectivity index (χ1v) is 26.0. The van der Waals surface area contributed by atoms with E-state index in [-0.39, 0.29) is 0 Å². The number of nitrogens with zero attached hydrogens (tertiary/aromatic N) is 1. The Morgan fingerprint density at radius 2 is 1.16 bits per heavy atom. The fourth-order valence-corrected chi connectivity index (χ4v) is 4.59. The lowest BCUT2D eigenvalue weighted by molar-refractivity contribution is 0.737. The van der Waals surface area contributed by atoms with Crippen molar-refractivity contribution in [2.45, 2.75) is 155 Å². The highest BCUT2D eigenvalue weighted by Gasteiger charge is 2.03. The minimum absolute atomic E-state index is 0.638. The number of hydrogen-bond donors (Lipinski definition) is 6. The highest BCUT2D eigenvalue weighted by molar-refractivity contribution is 7.79. The molecule has 0 aliphatic carbocycles. The number of thiol groups is 1. The predicted molar refractivity (Wildman–Crippen MR) is 333 cm³/mol. The van der Waals surface area contributed by atoms with Crippen molar-refractivity contribution in [2.75, 3.05) is 40.0 Å². The molecular formula is C62H116N6S. The first-order chi connectivity index (χ1) is 33.0. The molecule has 0 radical (unpaired) electrons. The third-order valence-corrected chi connectivity index (χ3v) is 7.23. The number of rotatable bonds is 14. The highest BCUT2D eigenvalue weighted by Crippen LogP contribution is 2.28. The van der Waals surface area contributed by atoms with Gasteiger partial charge in [-0.15, -0.1) is 19.7 Å². The van der Waals surface area contributed by atoms with E-state index < -0.39 is 0 Å². The molecule has 3 aromatic carbocycles. The van der Waals surface area contributed by atoms with E-state index >= 15 is 0 Å². The van der Waals surface area contributed by atoms with E-state index in [0.717, 1.165) is 64.1 Å². The van der Waals surface area contributed by atoms with Crippen LogP contribution in [-0.2, 0) is 6.42 Å². The third-order valence-electron chi connectivity index (χ3n) is 7.23. The summed E-state index contributed by atoms with van der Waals surface area (Å²) in [6, 6.07) is 24.1. The molecular weight excluding hydrogens is 861 g/mol. The van der Waals surface area contributed by atoms with Crippen molar-refractivity contribution in [1.29, 1.82) is 0 Å². The van der Waals surface area contributed by atoms with Gasteiger partial charge in [-0.25, -0.2) is 0 Å². The van der Waals surface area contributed by atoms with Gasteiger partial charge in [-0.05, 0) is 152 Å². The molecule has 3 aromatic rings. The Balaban J connectivity index is -0.0000000927. The van der Waals surface area contributed by atoms with Crippen LogP contribution in [0.3, 0.4) is 0 Å². The molecule has 0 aromatic heterocycles. The first kappa shape index (κ1) is 84.7. The van der Waals surface area contributed by atoms with Crippen LogP contribution in [0, 0.1) is 11.8 Å². The molecule has 0 spiro atoms. The number of hydrogen-bond acceptors (Lipinski definition) is 6.